The summed E-state index contributed by atoms with van der Waals surface area (Å²) in [6, 6.07) is 4.48. The number of phenols is 2. The summed E-state index contributed by atoms with van der Waals surface area (Å²) in [6.07, 6.45) is 6.48. The molecule has 4 aliphatic rings. The molecule has 5 heteroatoms. The first-order valence-corrected chi connectivity index (χ1v) is 9.00. The third kappa shape index (κ3) is 2.65. The molecule has 0 unspecified atom stereocenters. The van der Waals surface area contributed by atoms with Crippen molar-refractivity contribution in [3.63, 3.8) is 0 Å². The van der Waals surface area contributed by atoms with Gasteiger partial charge in [0.05, 0.1) is 6.42 Å². The number of rotatable bonds is 4. The third-order valence-corrected chi connectivity index (χ3v) is 6.65. The summed E-state index contributed by atoms with van der Waals surface area (Å²) in [5.74, 6) is 2.36. The highest BCUT2D eigenvalue weighted by Gasteiger charge is 2.55. The summed E-state index contributed by atoms with van der Waals surface area (Å²) in [5, 5.41) is 21.9. The molecule has 5 rings (SSSR count). The molecule has 5 N–H and O–H groups in total. The van der Waals surface area contributed by atoms with Crippen LogP contribution in [0, 0.1) is 23.7 Å². The van der Waals surface area contributed by atoms with Crippen molar-refractivity contribution >= 4 is 5.91 Å². The highest BCUT2D eigenvalue weighted by molar-refractivity contribution is 5.78. The van der Waals surface area contributed by atoms with Gasteiger partial charge >= 0.3 is 0 Å². The summed E-state index contributed by atoms with van der Waals surface area (Å²) in [6.45, 7) is 0.546. The summed E-state index contributed by atoms with van der Waals surface area (Å²) < 4.78 is 0. The molecule has 0 aliphatic heterocycles. The average Bonchev–Trinajstić information content (AvgIpc) is 2.54. The van der Waals surface area contributed by atoms with Crippen LogP contribution in [0.25, 0.3) is 0 Å². The highest BCUT2D eigenvalue weighted by Crippen LogP contribution is 2.57. The van der Waals surface area contributed by atoms with Gasteiger partial charge in [0.1, 0.15) is 0 Å². The van der Waals surface area contributed by atoms with E-state index in [0.29, 0.717) is 23.9 Å². The summed E-state index contributed by atoms with van der Waals surface area (Å²) in [7, 11) is 0. The molecule has 0 atom stereocenters. The Balaban J connectivity index is 1.37. The van der Waals surface area contributed by atoms with Crippen LogP contribution in [0.15, 0.2) is 18.2 Å². The predicted octanol–water partition coefficient (Wildman–Crippen LogP) is 1.91. The normalized spacial score (nSPS) is 36.7. The van der Waals surface area contributed by atoms with Gasteiger partial charge in [-0.1, -0.05) is 6.07 Å². The standard InChI is InChI=1S/C19H26N2O3/c20-19(14-4-12-3-13(6-14)7-15(19)5-12)10-21-18(24)9-11-1-2-16(22)17(23)8-11/h1-2,8,12-15,22-23H,3-7,9-10,20H2,(H,21,24). The van der Waals surface area contributed by atoms with Crippen molar-refractivity contribution in [2.24, 2.45) is 29.4 Å². The number of nitrogens with one attached hydrogen (secondary N) is 1. The van der Waals surface area contributed by atoms with E-state index in [2.05, 4.69) is 5.32 Å². The fraction of sp³-hybridized carbons (Fsp3) is 0.632. The molecule has 0 radical (unpaired) electrons. The van der Waals surface area contributed by atoms with Crippen molar-refractivity contribution in [1.29, 1.82) is 0 Å². The number of phenolic OH excluding ortho intramolecular Hbond substituents is 2. The van der Waals surface area contributed by atoms with E-state index in [9.17, 15) is 15.0 Å². The Morgan fingerprint density at radius 2 is 1.71 bits per heavy atom. The smallest absolute Gasteiger partial charge is 0.224 e. The van der Waals surface area contributed by atoms with Crippen molar-refractivity contribution in [1.82, 2.24) is 5.32 Å². The molecule has 4 saturated carbocycles. The number of benzene rings is 1. The van der Waals surface area contributed by atoms with Crippen LogP contribution in [0.4, 0.5) is 0 Å². The zero-order valence-electron chi connectivity index (χ0n) is 13.9. The molecule has 4 fully saturated rings. The second-order valence-corrected chi connectivity index (χ2v) is 8.19. The molecule has 0 spiro atoms. The van der Waals surface area contributed by atoms with Gasteiger partial charge in [0.15, 0.2) is 11.5 Å². The molecule has 1 aromatic carbocycles. The van der Waals surface area contributed by atoms with Crippen molar-refractivity contribution in [3.05, 3.63) is 23.8 Å². The highest BCUT2D eigenvalue weighted by atomic mass is 16.3. The molecule has 1 aromatic rings. The van der Waals surface area contributed by atoms with Crippen LogP contribution in [-0.4, -0.2) is 28.2 Å². The number of aromatic hydroxyl groups is 2. The maximum Gasteiger partial charge on any atom is 0.224 e. The number of amides is 1. The fourth-order valence-corrected chi connectivity index (χ4v) is 5.53. The monoisotopic (exact) mass is 330 g/mol. The topological polar surface area (TPSA) is 95.6 Å². The van der Waals surface area contributed by atoms with E-state index in [1.54, 1.807) is 6.07 Å². The molecular weight excluding hydrogens is 304 g/mol. The quantitative estimate of drug-likeness (QED) is 0.634. The molecule has 0 aromatic heterocycles. The molecule has 4 bridgehead atoms. The Bertz CT molecular complexity index is 630. The molecule has 5 nitrogen and oxygen atoms in total. The largest absolute Gasteiger partial charge is 0.504 e. The van der Waals surface area contributed by atoms with Crippen LogP contribution in [0.1, 0.15) is 37.7 Å². The van der Waals surface area contributed by atoms with E-state index in [1.807, 2.05) is 0 Å². The maximum absolute atomic E-state index is 12.3. The van der Waals surface area contributed by atoms with Crippen molar-refractivity contribution in [2.45, 2.75) is 44.1 Å². The number of hydrogen-bond acceptors (Lipinski definition) is 4. The van der Waals surface area contributed by atoms with Crippen LogP contribution in [0.2, 0.25) is 0 Å². The number of hydrogen-bond donors (Lipinski definition) is 4. The zero-order valence-corrected chi connectivity index (χ0v) is 13.9. The van der Waals surface area contributed by atoms with Crippen molar-refractivity contribution in [2.75, 3.05) is 6.54 Å². The van der Waals surface area contributed by atoms with Crippen molar-refractivity contribution < 1.29 is 15.0 Å². The lowest BCUT2D eigenvalue weighted by molar-refractivity contribution is -0.122. The molecular formula is C19H26N2O3. The van der Waals surface area contributed by atoms with E-state index in [-0.39, 0.29) is 29.4 Å². The van der Waals surface area contributed by atoms with Gasteiger partial charge in [-0.05, 0) is 73.5 Å². The van der Waals surface area contributed by atoms with Crippen LogP contribution >= 0.6 is 0 Å². The Labute approximate surface area is 142 Å². The Morgan fingerprint density at radius 3 is 2.29 bits per heavy atom. The first-order valence-electron chi connectivity index (χ1n) is 9.00. The molecule has 0 saturated heterocycles. The Morgan fingerprint density at radius 1 is 1.08 bits per heavy atom. The zero-order chi connectivity index (χ0) is 16.9. The fourth-order valence-electron chi connectivity index (χ4n) is 5.53. The van der Waals surface area contributed by atoms with Crippen LogP contribution in [0.3, 0.4) is 0 Å². The minimum Gasteiger partial charge on any atom is -0.504 e. The molecule has 130 valence electrons. The van der Waals surface area contributed by atoms with Crippen molar-refractivity contribution in [3.8, 4) is 11.5 Å². The lowest BCUT2D eigenvalue weighted by Crippen LogP contribution is -2.67. The number of nitrogens with two attached hydrogens (primary N) is 1. The summed E-state index contributed by atoms with van der Waals surface area (Å²) in [4.78, 5) is 12.3. The first-order chi connectivity index (χ1) is 11.4. The minimum atomic E-state index is -0.250. The van der Waals surface area contributed by atoms with Gasteiger partial charge in [0.25, 0.3) is 0 Å². The van der Waals surface area contributed by atoms with Crippen LogP contribution in [-0.2, 0) is 11.2 Å². The molecule has 24 heavy (non-hydrogen) atoms. The van der Waals surface area contributed by atoms with Gasteiger partial charge in [-0.2, -0.15) is 0 Å². The second-order valence-electron chi connectivity index (χ2n) is 8.19. The van der Waals surface area contributed by atoms with E-state index in [4.69, 9.17) is 5.73 Å². The lowest BCUT2D eigenvalue weighted by Gasteiger charge is -2.59. The van der Waals surface area contributed by atoms with Gasteiger partial charge in [0, 0.05) is 12.1 Å². The van der Waals surface area contributed by atoms with Gasteiger partial charge in [-0.25, -0.2) is 0 Å². The van der Waals surface area contributed by atoms with E-state index >= 15 is 0 Å². The second kappa shape index (κ2) is 5.66. The van der Waals surface area contributed by atoms with Gasteiger partial charge in [0.2, 0.25) is 5.91 Å². The maximum atomic E-state index is 12.3. The third-order valence-electron chi connectivity index (χ3n) is 6.65. The number of carbonyl (C=O) groups excluding carboxylic acids is 1. The summed E-state index contributed by atoms with van der Waals surface area (Å²) in [5.41, 5.74) is 7.22. The van der Waals surface area contributed by atoms with Crippen LogP contribution in [0.5, 0.6) is 11.5 Å². The lowest BCUT2D eigenvalue weighted by atomic mass is 9.49. The average molecular weight is 330 g/mol. The molecule has 1 amide bonds. The van der Waals surface area contributed by atoms with E-state index in [0.717, 1.165) is 11.8 Å². The Hall–Kier alpha value is -1.75. The molecule has 0 heterocycles. The molecule has 4 aliphatic carbocycles. The SMILES string of the molecule is NC1(CNC(=O)Cc2ccc(O)c(O)c2)C2CC3CC(C2)CC1C3. The van der Waals surface area contributed by atoms with E-state index in [1.165, 1.54) is 44.2 Å². The number of carbonyl (C=O) groups is 1. The Kier molecular flexibility index (Phi) is 3.71. The minimum absolute atomic E-state index is 0.0845. The first kappa shape index (κ1) is 15.8. The van der Waals surface area contributed by atoms with Gasteiger partial charge in [-0.3, -0.25) is 4.79 Å². The predicted molar refractivity (Wildman–Crippen MR) is 90.4 cm³/mol. The van der Waals surface area contributed by atoms with E-state index < -0.39 is 0 Å². The van der Waals surface area contributed by atoms with Gasteiger partial charge in [-0.15, -0.1) is 0 Å². The van der Waals surface area contributed by atoms with Gasteiger partial charge < -0.3 is 21.3 Å². The van der Waals surface area contributed by atoms with Crippen LogP contribution < -0.4 is 11.1 Å². The summed E-state index contributed by atoms with van der Waals surface area (Å²) >= 11 is 0.